The fourth-order valence-electron chi connectivity index (χ4n) is 2.62. The van der Waals surface area contributed by atoms with Gasteiger partial charge in [0.1, 0.15) is 5.75 Å². The second-order valence-corrected chi connectivity index (χ2v) is 7.48. The molecule has 0 fully saturated rings. The molecule has 0 radical (unpaired) electrons. The predicted molar refractivity (Wildman–Crippen MR) is 119 cm³/mol. The number of hydrazone groups is 1. The van der Waals surface area contributed by atoms with Crippen LogP contribution >= 0.6 is 11.8 Å². The number of rotatable bonds is 9. The highest BCUT2D eigenvalue weighted by atomic mass is 32.2. The third-order valence-electron chi connectivity index (χ3n) is 4.22. The number of nitrogens with one attached hydrogen (secondary N) is 2. The van der Waals surface area contributed by atoms with Crippen LogP contribution in [0.25, 0.3) is 0 Å². The molecule has 1 amide bonds. The molecule has 0 spiro atoms. The third-order valence-corrected chi connectivity index (χ3v) is 5.24. The summed E-state index contributed by atoms with van der Waals surface area (Å²) >= 11 is 1.31. The fourth-order valence-corrected chi connectivity index (χ4v) is 3.35. The molecule has 0 unspecified atom stereocenters. The highest BCUT2D eigenvalue weighted by molar-refractivity contribution is 7.99. The number of aryl methyl sites for hydroxylation is 1. The van der Waals surface area contributed by atoms with Crippen LogP contribution in [-0.2, 0) is 18.4 Å². The average molecular weight is 425 g/mol. The number of hydrogen-bond donors (Lipinski definition) is 2. The van der Waals surface area contributed by atoms with E-state index in [1.54, 1.807) is 13.3 Å². The molecule has 3 rings (SSSR count). The molecule has 0 saturated heterocycles. The number of amides is 1. The Morgan fingerprint density at radius 1 is 1.23 bits per heavy atom. The molecule has 0 atom stereocenters. The lowest BCUT2D eigenvalue weighted by molar-refractivity contribution is -0.118. The number of aromatic nitrogens is 3. The molecule has 0 aliphatic rings. The van der Waals surface area contributed by atoms with Gasteiger partial charge < -0.3 is 14.6 Å². The van der Waals surface area contributed by atoms with E-state index >= 15 is 0 Å². The Morgan fingerprint density at radius 2 is 2.07 bits per heavy atom. The van der Waals surface area contributed by atoms with Crippen molar-refractivity contribution >= 4 is 29.6 Å². The number of carbonyl (C=O) groups is 1. The quantitative estimate of drug-likeness (QED) is 0.312. The standard InChI is InChI=1S/C21H24N6O2S/c1-15-6-4-8-17(10-15)22-13-19-24-26-21(27(19)2)30-14-20(28)25-23-12-16-7-5-9-18(11-16)29-3/h4-12,22H,13-14H2,1-3H3,(H,25,28). The van der Waals surface area contributed by atoms with Crippen molar-refractivity contribution in [3.8, 4) is 5.75 Å². The predicted octanol–water partition coefficient (Wildman–Crippen LogP) is 2.99. The molecular weight excluding hydrogens is 400 g/mol. The van der Waals surface area contributed by atoms with Crippen LogP contribution < -0.4 is 15.5 Å². The summed E-state index contributed by atoms with van der Waals surface area (Å²) in [7, 11) is 3.49. The number of anilines is 1. The zero-order valence-corrected chi connectivity index (χ0v) is 17.9. The molecule has 30 heavy (non-hydrogen) atoms. The Labute approximate surface area is 179 Å². The number of methoxy groups -OCH3 is 1. The maximum atomic E-state index is 12.1. The molecule has 1 aromatic heterocycles. The van der Waals surface area contributed by atoms with Gasteiger partial charge in [0.25, 0.3) is 5.91 Å². The van der Waals surface area contributed by atoms with Gasteiger partial charge in [-0.3, -0.25) is 4.79 Å². The van der Waals surface area contributed by atoms with E-state index < -0.39 is 0 Å². The average Bonchev–Trinajstić information content (AvgIpc) is 3.10. The van der Waals surface area contributed by atoms with E-state index in [0.29, 0.717) is 11.7 Å². The van der Waals surface area contributed by atoms with Crippen LogP contribution in [0.1, 0.15) is 17.0 Å². The molecule has 156 valence electrons. The van der Waals surface area contributed by atoms with Gasteiger partial charge in [0.05, 0.1) is 25.6 Å². The summed E-state index contributed by atoms with van der Waals surface area (Å²) in [5.74, 6) is 1.49. The minimum atomic E-state index is -0.221. The lowest BCUT2D eigenvalue weighted by Crippen LogP contribution is -2.20. The maximum Gasteiger partial charge on any atom is 0.250 e. The second-order valence-electron chi connectivity index (χ2n) is 6.54. The van der Waals surface area contributed by atoms with Crippen LogP contribution in [-0.4, -0.2) is 39.7 Å². The molecule has 0 saturated carbocycles. The first-order chi connectivity index (χ1) is 14.5. The Hall–Kier alpha value is -3.33. The summed E-state index contributed by atoms with van der Waals surface area (Å²) in [5.41, 5.74) is 5.57. The molecule has 2 N–H and O–H groups in total. The molecule has 2 aromatic carbocycles. The van der Waals surface area contributed by atoms with Gasteiger partial charge in [-0.05, 0) is 42.3 Å². The van der Waals surface area contributed by atoms with Crippen molar-refractivity contribution in [1.82, 2.24) is 20.2 Å². The first-order valence-electron chi connectivity index (χ1n) is 9.32. The Morgan fingerprint density at radius 3 is 2.87 bits per heavy atom. The SMILES string of the molecule is COc1cccc(C=NNC(=O)CSc2nnc(CNc3cccc(C)c3)n2C)c1. The number of nitrogens with zero attached hydrogens (tertiary/aromatic N) is 4. The summed E-state index contributed by atoms with van der Waals surface area (Å²) in [6.07, 6.45) is 1.57. The molecule has 0 bridgehead atoms. The van der Waals surface area contributed by atoms with Crippen LogP contribution in [0, 0.1) is 6.92 Å². The Bertz CT molecular complexity index is 1030. The lowest BCUT2D eigenvalue weighted by Gasteiger charge is -2.07. The summed E-state index contributed by atoms with van der Waals surface area (Å²) in [4.78, 5) is 12.1. The van der Waals surface area contributed by atoms with Crippen LogP contribution in [0.4, 0.5) is 5.69 Å². The molecule has 0 aliphatic carbocycles. The maximum absolute atomic E-state index is 12.1. The van der Waals surface area contributed by atoms with E-state index in [9.17, 15) is 4.79 Å². The highest BCUT2D eigenvalue weighted by Crippen LogP contribution is 2.17. The number of carbonyl (C=O) groups excluding carboxylic acids is 1. The van der Waals surface area contributed by atoms with Gasteiger partial charge in [-0.2, -0.15) is 5.10 Å². The van der Waals surface area contributed by atoms with Crippen molar-refractivity contribution < 1.29 is 9.53 Å². The van der Waals surface area contributed by atoms with Gasteiger partial charge >= 0.3 is 0 Å². The second kappa shape index (κ2) is 10.4. The van der Waals surface area contributed by atoms with E-state index in [4.69, 9.17) is 4.74 Å². The van der Waals surface area contributed by atoms with Crippen LogP contribution in [0.2, 0.25) is 0 Å². The third kappa shape index (κ3) is 6.08. The number of hydrogen-bond acceptors (Lipinski definition) is 7. The van der Waals surface area contributed by atoms with E-state index in [0.717, 1.165) is 22.8 Å². The van der Waals surface area contributed by atoms with Gasteiger partial charge in [-0.1, -0.05) is 36.0 Å². The highest BCUT2D eigenvalue weighted by Gasteiger charge is 2.11. The Kier molecular flexibility index (Phi) is 7.45. The molecule has 9 heteroatoms. The van der Waals surface area contributed by atoms with Crippen molar-refractivity contribution in [2.45, 2.75) is 18.6 Å². The summed E-state index contributed by atoms with van der Waals surface area (Å²) in [6.45, 7) is 2.60. The molecule has 8 nitrogen and oxygen atoms in total. The van der Waals surface area contributed by atoms with E-state index in [1.807, 2.05) is 61.0 Å². The number of thioether (sulfide) groups is 1. The van der Waals surface area contributed by atoms with Crippen molar-refractivity contribution in [3.05, 3.63) is 65.5 Å². The number of benzene rings is 2. The van der Waals surface area contributed by atoms with Crippen molar-refractivity contribution in [3.63, 3.8) is 0 Å². The monoisotopic (exact) mass is 424 g/mol. The van der Waals surface area contributed by atoms with Crippen molar-refractivity contribution in [1.29, 1.82) is 0 Å². The minimum Gasteiger partial charge on any atom is -0.497 e. The molecule has 1 heterocycles. The number of ether oxygens (including phenoxy) is 1. The first-order valence-corrected chi connectivity index (χ1v) is 10.3. The smallest absolute Gasteiger partial charge is 0.250 e. The zero-order valence-electron chi connectivity index (χ0n) is 17.1. The molecular formula is C21H24N6O2S. The van der Waals surface area contributed by atoms with Crippen molar-refractivity contribution in [2.24, 2.45) is 12.1 Å². The van der Waals surface area contributed by atoms with Gasteiger partial charge in [0, 0.05) is 12.7 Å². The minimum absolute atomic E-state index is 0.187. The van der Waals surface area contributed by atoms with Gasteiger partial charge in [0.2, 0.25) is 0 Å². The normalized spacial score (nSPS) is 10.9. The van der Waals surface area contributed by atoms with Crippen LogP contribution in [0.3, 0.4) is 0 Å². The Balaban J connectivity index is 1.47. The lowest BCUT2D eigenvalue weighted by atomic mass is 10.2. The van der Waals surface area contributed by atoms with E-state index in [1.165, 1.54) is 17.3 Å². The van der Waals surface area contributed by atoms with Gasteiger partial charge in [0.15, 0.2) is 11.0 Å². The molecule has 3 aromatic rings. The van der Waals surface area contributed by atoms with Gasteiger partial charge in [-0.25, -0.2) is 5.43 Å². The van der Waals surface area contributed by atoms with E-state index in [2.05, 4.69) is 32.1 Å². The topological polar surface area (TPSA) is 93.4 Å². The van der Waals surface area contributed by atoms with Gasteiger partial charge in [-0.15, -0.1) is 10.2 Å². The fraction of sp³-hybridized carbons (Fsp3) is 0.238. The van der Waals surface area contributed by atoms with Crippen LogP contribution in [0.15, 0.2) is 58.8 Å². The summed E-state index contributed by atoms with van der Waals surface area (Å²) < 4.78 is 7.03. The van der Waals surface area contributed by atoms with E-state index in [-0.39, 0.29) is 11.7 Å². The molecule has 0 aliphatic heterocycles. The van der Waals surface area contributed by atoms with Crippen molar-refractivity contribution in [2.75, 3.05) is 18.2 Å². The first kappa shape index (κ1) is 21.4. The zero-order chi connectivity index (χ0) is 21.3. The summed E-state index contributed by atoms with van der Waals surface area (Å²) in [5, 5.41) is 16.4. The summed E-state index contributed by atoms with van der Waals surface area (Å²) in [6, 6.07) is 15.5. The largest absolute Gasteiger partial charge is 0.497 e. The van der Waals surface area contributed by atoms with Crippen LogP contribution in [0.5, 0.6) is 5.75 Å².